The summed E-state index contributed by atoms with van der Waals surface area (Å²) >= 11 is 0. The number of esters is 1. The summed E-state index contributed by atoms with van der Waals surface area (Å²) < 4.78 is 33.9. The van der Waals surface area contributed by atoms with E-state index in [9.17, 15) is 14.0 Å². The zero-order valence-corrected chi connectivity index (χ0v) is 14.1. The van der Waals surface area contributed by atoms with Crippen LogP contribution < -0.4 is 14.2 Å². The van der Waals surface area contributed by atoms with E-state index in [-0.39, 0.29) is 24.5 Å². The number of fused-ring (bicyclic) bond motifs is 1. The number of hydrogen-bond donors (Lipinski definition) is 0. The molecule has 2 aromatic carbocycles. The van der Waals surface area contributed by atoms with E-state index >= 15 is 0 Å². The van der Waals surface area contributed by atoms with Crippen molar-refractivity contribution in [3.8, 4) is 17.2 Å². The molecule has 3 rings (SSSR count). The molecule has 0 fully saturated rings. The van der Waals surface area contributed by atoms with Crippen LogP contribution in [0.25, 0.3) is 0 Å². The third-order valence-electron chi connectivity index (χ3n) is 3.89. The van der Waals surface area contributed by atoms with Gasteiger partial charge in [-0.05, 0) is 42.3 Å². The minimum absolute atomic E-state index is 0.0438. The number of Topliss-reactive ketones (excluding diaryl/α,β-unsaturated/α-hetero) is 1. The highest BCUT2D eigenvalue weighted by atomic mass is 19.1. The van der Waals surface area contributed by atoms with E-state index in [0.29, 0.717) is 17.9 Å². The molecule has 0 aromatic heterocycles. The molecule has 7 heteroatoms. The highest BCUT2D eigenvalue weighted by Crippen LogP contribution is 2.32. The quantitative estimate of drug-likeness (QED) is 0.558. The summed E-state index contributed by atoms with van der Waals surface area (Å²) in [5.74, 6) is -0.274. The van der Waals surface area contributed by atoms with Gasteiger partial charge in [0.15, 0.2) is 35.5 Å². The SMILES string of the molecule is COc1ccc(C(=O)COC(=O)CCc2ccc3c(c2)OCO3)cc1F. The van der Waals surface area contributed by atoms with Crippen LogP contribution in [0.5, 0.6) is 17.2 Å². The standard InChI is InChI=1S/C19H17FO6/c1-23-16-6-4-13(9-14(16)20)15(21)10-24-19(22)7-3-12-2-5-17-18(8-12)26-11-25-17/h2,4-6,8-9H,3,7,10-11H2,1H3. The van der Waals surface area contributed by atoms with Gasteiger partial charge in [0.05, 0.1) is 7.11 Å². The van der Waals surface area contributed by atoms with Crippen molar-refractivity contribution in [1.29, 1.82) is 0 Å². The summed E-state index contributed by atoms with van der Waals surface area (Å²) in [6.45, 7) is -0.249. The summed E-state index contributed by atoms with van der Waals surface area (Å²) in [5.41, 5.74) is 1.02. The van der Waals surface area contributed by atoms with Gasteiger partial charge in [-0.3, -0.25) is 9.59 Å². The Morgan fingerprint density at radius 3 is 2.69 bits per heavy atom. The van der Waals surface area contributed by atoms with E-state index in [4.69, 9.17) is 18.9 Å². The second-order valence-electron chi connectivity index (χ2n) is 5.62. The van der Waals surface area contributed by atoms with Gasteiger partial charge in [-0.2, -0.15) is 0 Å². The van der Waals surface area contributed by atoms with Crippen LogP contribution in [-0.2, 0) is 16.0 Å². The van der Waals surface area contributed by atoms with Gasteiger partial charge < -0.3 is 18.9 Å². The number of aryl methyl sites for hydroxylation is 1. The predicted octanol–water partition coefficient (Wildman–Crippen LogP) is 2.92. The van der Waals surface area contributed by atoms with Crippen molar-refractivity contribution in [3.63, 3.8) is 0 Å². The first-order valence-electron chi connectivity index (χ1n) is 7.97. The Morgan fingerprint density at radius 1 is 1.12 bits per heavy atom. The van der Waals surface area contributed by atoms with Crippen molar-refractivity contribution in [1.82, 2.24) is 0 Å². The number of carbonyl (C=O) groups is 2. The normalized spacial score (nSPS) is 11.9. The lowest BCUT2D eigenvalue weighted by atomic mass is 10.1. The van der Waals surface area contributed by atoms with Crippen molar-refractivity contribution in [2.45, 2.75) is 12.8 Å². The molecule has 2 aromatic rings. The smallest absolute Gasteiger partial charge is 0.306 e. The summed E-state index contributed by atoms with van der Waals surface area (Å²) in [5, 5.41) is 0. The van der Waals surface area contributed by atoms with E-state index in [1.165, 1.54) is 19.2 Å². The summed E-state index contributed by atoms with van der Waals surface area (Å²) in [6.07, 6.45) is 0.560. The van der Waals surface area contributed by atoms with E-state index in [1.807, 2.05) is 6.07 Å². The maximum Gasteiger partial charge on any atom is 0.306 e. The molecule has 1 aliphatic rings. The number of rotatable bonds is 7. The van der Waals surface area contributed by atoms with Gasteiger partial charge in [0.25, 0.3) is 0 Å². The molecule has 1 heterocycles. The van der Waals surface area contributed by atoms with E-state index < -0.39 is 24.2 Å². The molecule has 0 N–H and O–H groups in total. The minimum atomic E-state index is -0.646. The Bertz CT molecular complexity index is 833. The fraction of sp³-hybridized carbons (Fsp3) is 0.263. The number of ketones is 1. The monoisotopic (exact) mass is 360 g/mol. The van der Waals surface area contributed by atoms with Crippen LogP contribution in [0.4, 0.5) is 4.39 Å². The summed E-state index contributed by atoms with van der Waals surface area (Å²) in [7, 11) is 1.34. The maximum atomic E-state index is 13.6. The Balaban J connectivity index is 1.48. The summed E-state index contributed by atoms with van der Waals surface area (Å²) in [4.78, 5) is 23.8. The van der Waals surface area contributed by atoms with Crippen LogP contribution in [0, 0.1) is 5.82 Å². The molecule has 0 bridgehead atoms. The first kappa shape index (κ1) is 17.7. The molecule has 0 spiro atoms. The van der Waals surface area contributed by atoms with E-state index in [2.05, 4.69) is 0 Å². The van der Waals surface area contributed by atoms with Crippen LogP contribution >= 0.6 is 0 Å². The lowest BCUT2D eigenvalue weighted by Crippen LogP contribution is -2.14. The van der Waals surface area contributed by atoms with Gasteiger partial charge in [-0.25, -0.2) is 4.39 Å². The Labute approximate surface area is 149 Å². The third-order valence-corrected chi connectivity index (χ3v) is 3.89. The highest BCUT2D eigenvalue weighted by molar-refractivity contribution is 5.98. The zero-order valence-electron chi connectivity index (χ0n) is 14.1. The number of hydrogen-bond acceptors (Lipinski definition) is 6. The molecule has 6 nitrogen and oxygen atoms in total. The second kappa shape index (κ2) is 7.86. The fourth-order valence-electron chi connectivity index (χ4n) is 2.48. The van der Waals surface area contributed by atoms with Gasteiger partial charge >= 0.3 is 5.97 Å². The number of halogens is 1. The van der Waals surface area contributed by atoms with Gasteiger partial charge in [-0.15, -0.1) is 0 Å². The Kier molecular flexibility index (Phi) is 5.36. The molecule has 0 atom stereocenters. The summed E-state index contributed by atoms with van der Waals surface area (Å²) in [6, 6.07) is 9.26. The van der Waals surface area contributed by atoms with Gasteiger partial charge in [0.2, 0.25) is 6.79 Å². The molecule has 1 aliphatic heterocycles. The number of carbonyl (C=O) groups excluding carboxylic acids is 2. The number of ether oxygens (including phenoxy) is 4. The van der Waals surface area contributed by atoms with Crippen molar-refractivity contribution in [3.05, 3.63) is 53.3 Å². The topological polar surface area (TPSA) is 71.1 Å². The van der Waals surface area contributed by atoms with Crippen LogP contribution in [-0.4, -0.2) is 32.3 Å². The van der Waals surface area contributed by atoms with E-state index in [1.54, 1.807) is 12.1 Å². The fourth-order valence-corrected chi connectivity index (χ4v) is 2.48. The zero-order chi connectivity index (χ0) is 18.5. The van der Waals surface area contributed by atoms with Crippen molar-refractivity contribution in [2.75, 3.05) is 20.5 Å². The average Bonchev–Trinajstić information content (AvgIpc) is 3.12. The van der Waals surface area contributed by atoms with Crippen LogP contribution in [0.2, 0.25) is 0 Å². The number of benzene rings is 2. The molecule has 0 aliphatic carbocycles. The van der Waals surface area contributed by atoms with Crippen LogP contribution in [0.15, 0.2) is 36.4 Å². The van der Waals surface area contributed by atoms with Gasteiger partial charge in [0.1, 0.15) is 0 Å². The van der Waals surface area contributed by atoms with E-state index in [0.717, 1.165) is 11.6 Å². The maximum absolute atomic E-state index is 13.6. The highest BCUT2D eigenvalue weighted by Gasteiger charge is 2.15. The number of methoxy groups -OCH3 is 1. The lowest BCUT2D eigenvalue weighted by Gasteiger charge is -2.07. The molecule has 0 saturated heterocycles. The minimum Gasteiger partial charge on any atom is -0.494 e. The van der Waals surface area contributed by atoms with Crippen molar-refractivity contribution in [2.24, 2.45) is 0 Å². The molecule has 26 heavy (non-hydrogen) atoms. The van der Waals surface area contributed by atoms with Gasteiger partial charge in [0, 0.05) is 12.0 Å². The Hall–Kier alpha value is -3.09. The van der Waals surface area contributed by atoms with Crippen molar-refractivity contribution >= 4 is 11.8 Å². The third kappa shape index (κ3) is 4.11. The van der Waals surface area contributed by atoms with Crippen molar-refractivity contribution < 1.29 is 32.9 Å². The molecule has 0 radical (unpaired) electrons. The molecular formula is C19H17FO6. The molecule has 0 saturated carbocycles. The van der Waals surface area contributed by atoms with Crippen LogP contribution in [0.3, 0.4) is 0 Å². The average molecular weight is 360 g/mol. The predicted molar refractivity (Wildman–Crippen MR) is 89.1 cm³/mol. The van der Waals surface area contributed by atoms with Gasteiger partial charge in [-0.1, -0.05) is 6.07 Å². The van der Waals surface area contributed by atoms with Crippen LogP contribution in [0.1, 0.15) is 22.3 Å². The Morgan fingerprint density at radius 2 is 1.92 bits per heavy atom. The largest absolute Gasteiger partial charge is 0.494 e. The first-order chi connectivity index (χ1) is 12.6. The second-order valence-corrected chi connectivity index (χ2v) is 5.62. The first-order valence-corrected chi connectivity index (χ1v) is 7.97. The molecular weight excluding hydrogens is 343 g/mol. The molecule has 0 unspecified atom stereocenters. The molecule has 136 valence electrons. The lowest BCUT2D eigenvalue weighted by molar-refractivity contribution is -0.142. The molecule has 0 amide bonds.